The van der Waals surface area contributed by atoms with Crippen molar-refractivity contribution >= 4 is 11.8 Å². The van der Waals surface area contributed by atoms with Crippen molar-refractivity contribution in [2.24, 2.45) is 0 Å². The molecule has 1 heterocycles. The van der Waals surface area contributed by atoms with E-state index in [-0.39, 0.29) is 24.4 Å². The molecule has 1 aliphatic heterocycles. The number of carbonyl (C=O) groups is 2. The molecule has 1 saturated heterocycles. The van der Waals surface area contributed by atoms with Crippen LogP contribution in [0.15, 0.2) is 30.3 Å². The van der Waals surface area contributed by atoms with Crippen molar-refractivity contribution in [1.29, 1.82) is 0 Å². The van der Waals surface area contributed by atoms with Crippen LogP contribution in [-0.2, 0) is 16.0 Å². The van der Waals surface area contributed by atoms with Crippen LogP contribution in [0.4, 0.5) is 0 Å². The van der Waals surface area contributed by atoms with Crippen molar-refractivity contribution in [1.82, 2.24) is 10.2 Å². The fraction of sp³-hybridized carbons (Fsp3) is 0.500. The third kappa shape index (κ3) is 3.18. The first-order valence-electron chi connectivity index (χ1n) is 7.29. The molecular formula is C16H22N2O2. The molecule has 2 rings (SSSR count). The summed E-state index contributed by atoms with van der Waals surface area (Å²) in [6.45, 7) is 4.30. The molecule has 0 bridgehead atoms. The Labute approximate surface area is 120 Å². The van der Waals surface area contributed by atoms with Gasteiger partial charge in [0, 0.05) is 12.5 Å². The minimum atomic E-state index is -0.431. The first kappa shape index (κ1) is 14.6. The second kappa shape index (κ2) is 6.55. The SMILES string of the molecule is CCC(CC)N1CC(=O)NC(Cc2ccccc2)C1=O. The van der Waals surface area contributed by atoms with Gasteiger partial charge in [0.2, 0.25) is 11.8 Å². The lowest BCUT2D eigenvalue weighted by atomic mass is 10.0. The van der Waals surface area contributed by atoms with Gasteiger partial charge in [-0.15, -0.1) is 0 Å². The van der Waals surface area contributed by atoms with E-state index in [9.17, 15) is 9.59 Å². The molecule has 0 radical (unpaired) electrons. The van der Waals surface area contributed by atoms with Crippen LogP contribution < -0.4 is 5.32 Å². The van der Waals surface area contributed by atoms with Gasteiger partial charge in [0.25, 0.3) is 0 Å². The summed E-state index contributed by atoms with van der Waals surface area (Å²) < 4.78 is 0. The first-order chi connectivity index (χ1) is 9.65. The highest BCUT2D eigenvalue weighted by Gasteiger charge is 2.35. The molecule has 20 heavy (non-hydrogen) atoms. The van der Waals surface area contributed by atoms with Crippen molar-refractivity contribution in [3.05, 3.63) is 35.9 Å². The van der Waals surface area contributed by atoms with Gasteiger partial charge in [0.05, 0.1) is 6.54 Å². The van der Waals surface area contributed by atoms with Crippen LogP contribution in [0, 0.1) is 0 Å². The molecule has 108 valence electrons. The van der Waals surface area contributed by atoms with Crippen LogP contribution in [0.25, 0.3) is 0 Å². The molecule has 1 aromatic rings. The molecular weight excluding hydrogens is 252 g/mol. The van der Waals surface area contributed by atoms with Crippen molar-refractivity contribution in [2.75, 3.05) is 6.54 Å². The molecule has 1 fully saturated rings. The molecule has 1 aromatic carbocycles. The maximum Gasteiger partial charge on any atom is 0.246 e. The van der Waals surface area contributed by atoms with Gasteiger partial charge in [-0.25, -0.2) is 0 Å². The Morgan fingerprint density at radius 1 is 1.20 bits per heavy atom. The highest BCUT2D eigenvalue weighted by Crippen LogP contribution is 2.15. The second-order valence-corrected chi connectivity index (χ2v) is 5.25. The molecule has 2 amide bonds. The predicted octanol–water partition coefficient (Wildman–Crippen LogP) is 1.74. The summed E-state index contributed by atoms with van der Waals surface area (Å²) in [6, 6.07) is 9.53. The monoisotopic (exact) mass is 274 g/mol. The third-order valence-corrected chi connectivity index (χ3v) is 3.90. The Balaban J connectivity index is 2.13. The number of piperazine rings is 1. The van der Waals surface area contributed by atoms with E-state index in [0.717, 1.165) is 18.4 Å². The van der Waals surface area contributed by atoms with Gasteiger partial charge >= 0.3 is 0 Å². The number of benzene rings is 1. The first-order valence-corrected chi connectivity index (χ1v) is 7.29. The van der Waals surface area contributed by atoms with Crippen molar-refractivity contribution in [2.45, 2.75) is 45.2 Å². The predicted molar refractivity (Wildman–Crippen MR) is 78.2 cm³/mol. The smallest absolute Gasteiger partial charge is 0.246 e. The zero-order valence-electron chi connectivity index (χ0n) is 12.1. The van der Waals surface area contributed by atoms with Gasteiger partial charge in [-0.2, -0.15) is 0 Å². The van der Waals surface area contributed by atoms with Crippen LogP contribution in [-0.4, -0.2) is 35.3 Å². The summed E-state index contributed by atoms with van der Waals surface area (Å²) in [5, 5.41) is 2.82. The lowest BCUT2D eigenvalue weighted by Gasteiger charge is -2.37. The molecule has 4 heteroatoms. The zero-order chi connectivity index (χ0) is 14.5. The summed E-state index contributed by atoms with van der Waals surface area (Å²) in [7, 11) is 0. The van der Waals surface area contributed by atoms with E-state index in [1.807, 2.05) is 30.3 Å². The van der Waals surface area contributed by atoms with Gasteiger partial charge in [0.1, 0.15) is 6.04 Å². The fourth-order valence-electron chi connectivity index (χ4n) is 2.76. The van der Waals surface area contributed by atoms with Gasteiger partial charge < -0.3 is 10.2 Å². The summed E-state index contributed by atoms with van der Waals surface area (Å²) >= 11 is 0. The van der Waals surface area contributed by atoms with E-state index in [1.165, 1.54) is 0 Å². The highest BCUT2D eigenvalue weighted by molar-refractivity contribution is 5.95. The number of nitrogens with zero attached hydrogens (tertiary/aromatic N) is 1. The zero-order valence-corrected chi connectivity index (χ0v) is 12.1. The summed E-state index contributed by atoms with van der Waals surface area (Å²) in [4.78, 5) is 26.1. The normalized spacial score (nSPS) is 19.4. The molecule has 1 atom stereocenters. The number of rotatable bonds is 5. The van der Waals surface area contributed by atoms with E-state index >= 15 is 0 Å². The maximum atomic E-state index is 12.5. The number of hydrogen-bond acceptors (Lipinski definition) is 2. The highest BCUT2D eigenvalue weighted by atomic mass is 16.2. The molecule has 1 unspecified atom stereocenters. The average Bonchev–Trinajstić information content (AvgIpc) is 2.46. The van der Waals surface area contributed by atoms with E-state index < -0.39 is 6.04 Å². The summed E-state index contributed by atoms with van der Waals surface area (Å²) in [5.74, 6) is -0.0143. The number of hydrogen-bond donors (Lipinski definition) is 1. The maximum absolute atomic E-state index is 12.5. The van der Waals surface area contributed by atoms with E-state index in [2.05, 4.69) is 19.2 Å². The van der Waals surface area contributed by atoms with E-state index in [0.29, 0.717) is 6.42 Å². The quantitative estimate of drug-likeness (QED) is 0.889. The Morgan fingerprint density at radius 3 is 2.45 bits per heavy atom. The summed E-state index contributed by atoms with van der Waals surface area (Å²) in [6.07, 6.45) is 2.32. The van der Waals surface area contributed by atoms with E-state index in [1.54, 1.807) is 4.90 Å². The van der Waals surface area contributed by atoms with Crippen LogP contribution in [0.2, 0.25) is 0 Å². The summed E-state index contributed by atoms with van der Waals surface area (Å²) in [5.41, 5.74) is 1.07. The topological polar surface area (TPSA) is 49.4 Å². The molecule has 1 N–H and O–H groups in total. The molecule has 0 aromatic heterocycles. The largest absolute Gasteiger partial charge is 0.342 e. The molecule has 1 aliphatic rings. The minimum absolute atomic E-state index is 0.0437. The van der Waals surface area contributed by atoms with Gasteiger partial charge in [-0.1, -0.05) is 44.2 Å². The average molecular weight is 274 g/mol. The lowest BCUT2D eigenvalue weighted by Crippen LogP contribution is -2.61. The minimum Gasteiger partial charge on any atom is -0.342 e. The second-order valence-electron chi connectivity index (χ2n) is 5.25. The van der Waals surface area contributed by atoms with Crippen molar-refractivity contribution in [3.63, 3.8) is 0 Å². The standard InChI is InChI=1S/C16H22N2O2/c1-3-13(4-2)18-11-15(19)17-14(16(18)20)10-12-8-6-5-7-9-12/h5-9,13-14H,3-4,10-11H2,1-2H3,(H,17,19). The van der Waals surface area contributed by atoms with Crippen LogP contribution in [0.1, 0.15) is 32.3 Å². The van der Waals surface area contributed by atoms with Crippen LogP contribution in [0.5, 0.6) is 0 Å². The number of nitrogens with one attached hydrogen (secondary N) is 1. The van der Waals surface area contributed by atoms with Crippen LogP contribution >= 0.6 is 0 Å². The Bertz CT molecular complexity index is 469. The number of carbonyl (C=O) groups excluding carboxylic acids is 2. The fourth-order valence-corrected chi connectivity index (χ4v) is 2.76. The molecule has 0 saturated carbocycles. The molecule has 0 aliphatic carbocycles. The van der Waals surface area contributed by atoms with Crippen LogP contribution in [0.3, 0.4) is 0 Å². The van der Waals surface area contributed by atoms with Gasteiger partial charge in [0.15, 0.2) is 0 Å². The van der Waals surface area contributed by atoms with Crippen molar-refractivity contribution < 1.29 is 9.59 Å². The van der Waals surface area contributed by atoms with Gasteiger partial charge in [-0.05, 0) is 18.4 Å². The lowest BCUT2D eigenvalue weighted by molar-refractivity contribution is -0.146. The Hall–Kier alpha value is -1.84. The molecule has 4 nitrogen and oxygen atoms in total. The van der Waals surface area contributed by atoms with Gasteiger partial charge in [-0.3, -0.25) is 9.59 Å². The Morgan fingerprint density at radius 2 is 1.85 bits per heavy atom. The van der Waals surface area contributed by atoms with E-state index in [4.69, 9.17) is 0 Å². The molecule has 0 spiro atoms. The van der Waals surface area contributed by atoms with Crippen molar-refractivity contribution in [3.8, 4) is 0 Å². The Kier molecular flexibility index (Phi) is 4.77. The third-order valence-electron chi connectivity index (χ3n) is 3.90. The number of amides is 2.